The molecule has 23 heavy (non-hydrogen) atoms. The molecule has 0 amide bonds. The van der Waals surface area contributed by atoms with Gasteiger partial charge in [0.1, 0.15) is 5.82 Å². The quantitative estimate of drug-likeness (QED) is 0.534. The first-order valence-corrected chi connectivity index (χ1v) is 8.15. The maximum Gasteiger partial charge on any atom is 0.123 e. The molecule has 0 aliphatic carbocycles. The van der Waals surface area contributed by atoms with E-state index in [0.717, 1.165) is 11.3 Å². The van der Waals surface area contributed by atoms with E-state index >= 15 is 0 Å². The van der Waals surface area contributed by atoms with Gasteiger partial charge in [-0.1, -0.05) is 41.6 Å². The molecule has 0 bridgehead atoms. The number of aliphatic imine (C=N–C) groups is 1. The van der Waals surface area contributed by atoms with Gasteiger partial charge >= 0.3 is 0 Å². The highest BCUT2D eigenvalue weighted by Gasteiger charge is 1.97. The smallest absolute Gasteiger partial charge is 0.123 e. The third-order valence-electron chi connectivity index (χ3n) is 3.33. The van der Waals surface area contributed by atoms with E-state index in [1.54, 1.807) is 30.1 Å². The summed E-state index contributed by atoms with van der Waals surface area (Å²) in [6.45, 7) is 2.09. The van der Waals surface area contributed by atoms with E-state index in [2.05, 4.69) is 48.3 Å². The second-order valence-corrected chi connectivity index (χ2v) is 6.37. The van der Waals surface area contributed by atoms with Crippen LogP contribution in [0.5, 0.6) is 0 Å². The lowest BCUT2D eigenvalue weighted by Gasteiger charge is -2.02. The van der Waals surface area contributed by atoms with Crippen LogP contribution in [0.3, 0.4) is 0 Å². The topological polar surface area (TPSA) is 12.4 Å². The Bertz CT molecular complexity index is 791. The van der Waals surface area contributed by atoms with Crippen LogP contribution in [0.4, 0.5) is 10.1 Å². The SMILES string of the molecule is Cc1ccc(Sc2ccc(C=Nc3ccc(F)cc3)cc2)cc1. The lowest BCUT2D eigenvalue weighted by Crippen LogP contribution is -1.81. The van der Waals surface area contributed by atoms with Gasteiger partial charge in [-0.15, -0.1) is 0 Å². The van der Waals surface area contributed by atoms with E-state index in [9.17, 15) is 4.39 Å². The van der Waals surface area contributed by atoms with E-state index in [-0.39, 0.29) is 5.82 Å². The molecule has 0 aromatic heterocycles. The molecule has 1 nitrogen and oxygen atoms in total. The number of halogens is 1. The van der Waals surface area contributed by atoms with E-state index in [1.807, 2.05) is 12.1 Å². The lowest BCUT2D eigenvalue weighted by atomic mass is 10.2. The van der Waals surface area contributed by atoms with E-state index in [4.69, 9.17) is 0 Å². The Hall–Kier alpha value is -2.39. The maximum atomic E-state index is 12.8. The molecule has 0 spiro atoms. The molecule has 0 fully saturated rings. The van der Waals surface area contributed by atoms with Crippen molar-refractivity contribution >= 4 is 23.7 Å². The van der Waals surface area contributed by atoms with Crippen LogP contribution in [-0.2, 0) is 0 Å². The Morgan fingerprint density at radius 3 is 1.96 bits per heavy atom. The van der Waals surface area contributed by atoms with Gasteiger partial charge in [-0.25, -0.2) is 4.39 Å². The average molecular weight is 321 g/mol. The zero-order chi connectivity index (χ0) is 16.1. The van der Waals surface area contributed by atoms with Gasteiger partial charge in [0.05, 0.1) is 5.69 Å². The number of nitrogens with zero attached hydrogens (tertiary/aromatic N) is 1. The van der Waals surface area contributed by atoms with Crippen LogP contribution < -0.4 is 0 Å². The summed E-state index contributed by atoms with van der Waals surface area (Å²) < 4.78 is 12.8. The number of rotatable bonds is 4. The summed E-state index contributed by atoms with van der Waals surface area (Å²) in [5.74, 6) is -0.249. The van der Waals surface area contributed by atoms with Crippen molar-refractivity contribution in [3.8, 4) is 0 Å². The summed E-state index contributed by atoms with van der Waals surface area (Å²) in [6, 6.07) is 22.9. The molecule has 0 aliphatic rings. The Morgan fingerprint density at radius 2 is 1.35 bits per heavy atom. The highest BCUT2D eigenvalue weighted by molar-refractivity contribution is 7.99. The van der Waals surface area contributed by atoms with Gasteiger partial charge in [-0.3, -0.25) is 4.99 Å². The zero-order valence-electron chi connectivity index (χ0n) is 12.7. The van der Waals surface area contributed by atoms with Crippen molar-refractivity contribution in [1.82, 2.24) is 0 Å². The fourth-order valence-corrected chi connectivity index (χ4v) is 2.86. The number of benzene rings is 3. The molecular weight excluding hydrogens is 305 g/mol. The van der Waals surface area contributed by atoms with Crippen molar-refractivity contribution in [2.45, 2.75) is 16.7 Å². The van der Waals surface area contributed by atoms with Crippen LogP contribution in [-0.4, -0.2) is 6.21 Å². The summed E-state index contributed by atoms with van der Waals surface area (Å²) in [6.07, 6.45) is 1.79. The van der Waals surface area contributed by atoms with Crippen molar-refractivity contribution in [2.75, 3.05) is 0 Å². The van der Waals surface area contributed by atoms with Crippen molar-refractivity contribution in [1.29, 1.82) is 0 Å². The molecule has 3 heteroatoms. The highest BCUT2D eigenvalue weighted by Crippen LogP contribution is 2.27. The molecule has 0 aliphatic heterocycles. The molecule has 0 saturated heterocycles. The Labute approximate surface area is 139 Å². The highest BCUT2D eigenvalue weighted by atomic mass is 32.2. The summed E-state index contributed by atoms with van der Waals surface area (Å²) in [5, 5.41) is 0. The molecule has 0 N–H and O–H groups in total. The van der Waals surface area contributed by atoms with Crippen molar-refractivity contribution in [3.05, 3.63) is 89.7 Å². The van der Waals surface area contributed by atoms with Crippen LogP contribution in [0.25, 0.3) is 0 Å². The Kier molecular flexibility index (Phi) is 4.89. The number of hydrogen-bond acceptors (Lipinski definition) is 2. The third-order valence-corrected chi connectivity index (χ3v) is 4.34. The standard InChI is InChI=1S/C20H16FNS/c1-15-2-10-19(11-3-15)23-20-12-4-16(5-13-20)14-22-18-8-6-17(21)7-9-18/h2-14H,1H3. The Balaban J connectivity index is 1.67. The molecule has 0 heterocycles. The van der Waals surface area contributed by atoms with Gasteiger partial charge < -0.3 is 0 Å². The number of aryl methyl sites for hydroxylation is 1. The van der Waals surface area contributed by atoms with Crippen molar-refractivity contribution < 1.29 is 4.39 Å². The molecule has 0 radical (unpaired) electrons. The normalized spacial score (nSPS) is 11.0. The lowest BCUT2D eigenvalue weighted by molar-refractivity contribution is 0.628. The third kappa shape index (κ3) is 4.54. The maximum absolute atomic E-state index is 12.8. The molecule has 114 valence electrons. The molecule has 0 unspecified atom stereocenters. The van der Waals surface area contributed by atoms with Crippen LogP contribution in [0, 0.1) is 12.7 Å². The van der Waals surface area contributed by atoms with Crippen molar-refractivity contribution in [3.63, 3.8) is 0 Å². The van der Waals surface area contributed by atoms with E-state index in [1.165, 1.54) is 27.5 Å². The summed E-state index contributed by atoms with van der Waals surface area (Å²) in [5.41, 5.74) is 3.02. The second kappa shape index (κ2) is 7.25. The van der Waals surface area contributed by atoms with Gasteiger partial charge in [0.2, 0.25) is 0 Å². The minimum atomic E-state index is -0.249. The fraction of sp³-hybridized carbons (Fsp3) is 0.0500. The first-order chi connectivity index (χ1) is 11.2. The van der Waals surface area contributed by atoms with Crippen LogP contribution >= 0.6 is 11.8 Å². The van der Waals surface area contributed by atoms with Gasteiger partial charge in [0, 0.05) is 16.0 Å². The van der Waals surface area contributed by atoms with Crippen LogP contribution in [0.2, 0.25) is 0 Å². The second-order valence-electron chi connectivity index (χ2n) is 5.22. The van der Waals surface area contributed by atoms with Crippen LogP contribution in [0.15, 0.2) is 87.6 Å². The first kappa shape index (κ1) is 15.5. The number of hydrogen-bond donors (Lipinski definition) is 0. The largest absolute Gasteiger partial charge is 0.256 e. The minimum Gasteiger partial charge on any atom is -0.256 e. The monoisotopic (exact) mass is 321 g/mol. The first-order valence-electron chi connectivity index (χ1n) is 7.33. The average Bonchev–Trinajstić information content (AvgIpc) is 2.58. The summed E-state index contributed by atoms with van der Waals surface area (Å²) in [4.78, 5) is 6.76. The van der Waals surface area contributed by atoms with Crippen molar-refractivity contribution in [2.24, 2.45) is 4.99 Å². The predicted molar refractivity (Wildman–Crippen MR) is 95.4 cm³/mol. The molecule has 3 aromatic carbocycles. The molecule has 3 rings (SSSR count). The van der Waals surface area contributed by atoms with Gasteiger partial charge in [0.25, 0.3) is 0 Å². The van der Waals surface area contributed by atoms with Gasteiger partial charge in [-0.05, 0) is 61.0 Å². The molecule has 0 saturated carbocycles. The van der Waals surface area contributed by atoms with E-state index < -0.39 is 0 Å². The zero-order valence-corrected chi connectivity index (χ0v) is 13.6. The predicted octanol–water partition coefficient (Wildman–Crippen LogP) is 6.04. The van der Waals surface area contributed by atoms with E-state index in [0.29, 0.717) is 0 Å². The van der Waals surface area contributed by atoms with Gasteiger partial charge in [0.15, 0.2) is 0 Å². The molecule has 3 aromatic rings. The Morgan fingerprint density at radius 1 is 0.783 bits per heavy atom. The van der Waals surface area contributed by atoms with Gasteiger partial charge in [-0.2, -0.15) is 0 Å². The summed E-state index contributed by atoms with van der Waals surface area (Å²) >= 11 is 1.73. The fourth-order valence-electron chi connectivity index (χ4n) is 2.04. The summed E-state index contributed by atoms with van der Waals surface area (Å²) in [7, 11) is 0. The molecule has 0 atom stereocenters. The molecular formula is C20H16FNS. The minimum absolute atomic E-state index is 0.249. The van der Waals surface area contributed by atoms with Crippen LogP contribution in [0.1, 0.15) is 11.1 Å².